The second-order valence-corrected chi connectivity index (χ2v) is 17.3. The van der Waals surface area contributed by atoms with Crippen molar-refractivity contribution in [2.75, 3.05) is 39.5 Å². The van der Waals surface area contributed by atoms with Crippen LogP contribution in [-0.4, -0.2) is 62.4 Å². The Labute approximate surface area is 343 Å². The summed E-state index contributed by atoms with van der Waals surface area (Å²) in [6.07, 6.45) is 40.5. The van der Waals surface area contributed by atoms with E-state index < -0.39 is 0 Å². The Morgan fingerprint density at radius 2 is 0.891 bits per heavy atom. The van der Waals surface area contributed by atoms with Crippen LogP contribution in [0.5, 0.6) is 0 Å². The minimum absolute atomic E-state index is 0.00783. The minimum Gasteiger partial charge on any atom is -0.466 e. The molecule has 0 N–H and O–H groups in total. The second kappa shape index (κ2) is 39.7. The lowest BCUT2D eigenvalue weighted by Crippen LogP contribution is -2.24. The van der Waals surface area contributed by atoms with Crippen molar-refractivity contribution in [3.05, 3.63) is 0 Å². The first-order valence-corrected chi connectivity index (χ1v) is 24.7. The fourth-order valence-electron chi connectivity index (χ4n) is 8.48. The van der Waals surface area contributed by atoms with Gasteiger partial charge >= 0.3 is 11.9 Å². The molecule has 326 valence electrons. The molecule has 0 aromatic carbocycles. The maximum absolute atomic E-state index is 12.5. The Kier molecular flexibility index (Phi) is 37.4. The zero-order valence-electron chi connectivity index (χ0n) is 37.5. The summed E-state index contributed by atoms with van der Waals surface area (Å²) in [7, 11) is 0. The summed E-state index contributed by atoms with van der Waals surface area (Å²) in [5.41, 5.74) is 0. The Balaban J connectivity index is 2.58. The van der Waals surface area contributed by atoms with Crippen molar-refractivity contribution in [3.63, 3.8) is 0 Å². The average Bonchev–Trinajstić information content (AvgIpc) is 3.18. The summed E-state index contributed by atoms with van der Waals surface area (Å²) in [6, 6.07) is 0. The first-order chi connectivity index (χ1) is 27.0. The van der Waals surface area contributed by atoms with Crippen LogP contribution in [0.4, 0.5) is 0 Å². The van der Waals surface area contributed by atoms with E-state index in [0.717, 1.165) is 64.6 Å². The fourth-order valence-corrected chi connectivity index (χ4v) is 8.48. The normalized spacial score (nSPS) is 23.6. The van der Waals surface area contributed by atoms with E-state index in [0.29, 0.717) is 44.0 Å². The van der Waals surface area contributed by atoms with E-state index in [1.165, 1.54) is 167 Å². The number of rotatable bonds is 14. The summed E-state index contributed by atoms with van der Waals surface area (Å²) >= 11 is 0. The molecular weight excluding hydrogens is 683 g/mol. The lowest BCUT2D eigenvalue weighted by molar-refractivity contribution is -0.145. The van der Waals surface area contributed by atoms with E-state index in [1.54, 1.807) is 0 Å². The third kappa shape index (κ3) is 33.5. The van der Waals surface area contributed by atoms with Crippen LogP contribution in [-0.2, 0) is 23.8 Å². The molecule has 0 aliphatic carbocycles. The Hall–Kier alpha value is -1.14. The maximum Gasteiger partial charge on any atom is 0.305 e. The van der Waals surface area contributed by atoms with Gasteiger partial charge in [-0.3, -0.25) is 9.59 Å². The molecule has 0 saturated carbocycles. The summed E-state index contributed by atoms with van der Waals surface area (Å²) < 4.78 is 17.9. The highest BCUT2D eigenvalue weighted by Gasteiger charge is 2.14. The molecule has 1 aliphatic heterocycles. The molecule has 0 aromatic heterocycles. The highest BCUT2D eigenvalue weighted by atomic mass is 16.5. The monoisotopic (exact) mass is 778 g/mol. The molecule has 1 rings (SSSR count). The molecule has 1 saturated heterocycles. The predicted octanol–water partition coefficient (Wildman–Crippen LogP) is 14.3. The summed E-state index contributed by atoms with van der Waals surface area (Å²) in [6.45, 7) is 14.6. The van der Waals surface area contributed by atoms with Crippen molar-refractivity contribution in [2.45, 2.75) is 252 Å². The summed E-state index contributed by atoms with van der Waals surface area (Å²) in [5, 5.41) is 0. The largest absolute Gasteiger partial charge is 0.466 e. The van der Waals surface area contributed by atoms with Gasteiger partial charge in [-0.15, -0.1) is 0 Å². The smallest absolute Gasteiger partial charge is 0.305 e. The number of unbranched alkanes of at least 4 members (excludes halogenated alkanes) is 3. The second-order valence-electron chi connectivity index (χ2n) is 17.3. The van der Waals surface area contributed by atoms with Crippen LogP contribution in [0, 0.1) is 11.8 Å². The number of cyclic esters (lactones) is 2. The Morgan fingerprint density at radius 3 is 1.31 bits per heavy atom. The molecule has 2 atom stereocenters. The minimum atomic E-state index is 0.00783. The van der Waals surface area contributed by atoms with E-state index in [2.05, 4.69) is 32.6 Å². The molecule has 0 aromatic rings. The number of hydrogen-bond donors (Lipinski definition) is 0. The van der Waals surface area contributed by atoms with Gasteiger partial charge in [0.25, 0.3) is 0 Å². The number of nitrogens with zero attached hydrogens (tertiary/aromatic N) is 1. The molecule has 0 radical (unpaired) electrons. The van der Waals surface area contributed by atoms with Crippen molar-refractivity contribution in [1.29, 1.82) is 0 Å². The lowest BCUT2D eigenvalue weighted by Gasteiger charge is -2.20. The highest BCUT2D eigenvalue weighted by Crippen LogP contribution is 2.24. The van der Waals surface area contributed by atoms with Gasteiger partial charge in [-0.2, -0.15) is 0 Å². The van der Waals surface area contributed by atoms with Crippen LogP contribution in [0.2, 0.25) is 0 Å². The predicted molar refractivity (Wildman–Crippen MR) is 235 cm³/mol. The third-order valence-corrected chi connectivity index (χ3v) is 12.4. The Morgan fingerprint density at radius 1 is 0.491 bits per heavy atom. The molecular formula is C49H95NO5. The van der Waals surface area contributed by atoms with Crippen molar-refractivity contribution in [2.24, 2.45) is 11.8 Å². The number of carbonyl (C=O) groups is 2. The van der Waals surface area contributed by atoms with Crippen molar-refractivity contribution >= 4 is 11.9 Å². The van der Waals surface area contributed by atoms with Crippen LogP contribution in [0.25, 0.3) is 0 Å². The van der Waals surface area contributed by atoms with Crippen LogP contribution in [0.1, 0.15) is 246 Å². The van der Waals surface area contributed by atoms with Crippen molar-refractivity contribution in [1.82, 2.24) is 4.90 Å². The van der Waals surface area contributed by atoms with Crippen molar-refractivity contribution in [3.8, 4) is 0 Å². The molecule has 6 nitrogen and oxygen atoms in total. The number of carbonyl (C=O) groups excluding carboxylic acids is 2. The van der Waals surface area contributed by atoms with E-state index in [4.69, 9.17) is 14.2 Å². The first kappa shape index (κ1) is 51.9. The highest BCUT2D eigenvalue weighted by molar-refractivity contribution is 5.69. The van der Waals surface area contributed by atoms with Gasteiger partial charge in [0.2, 0.25) is 0 Å². The van der Waals surface area contributed by atoms with E-state index >= 15 is 0 Å². The summed E-state index contributed by atoms with van der Waals surface area (Å²) in [4.78, 5) is 27.5. The van der Waals surface area contributed by atoms with Crippen LogP contribution in [0.15, 0.2) is 0 Å². The molecule has 1 fully saturated rings. The van der Waals surface area contributed by atoms with Gasteiger partial charge in [0.05, 0.1) is 19.3 Å². The maximum atomic E-state index is 12.5. The van der Waals surface area contributed by atoms with Gasteiger partial charge in [0, 0.05) is 19.4 Å². The van der Waals surface area contributed by atoms with E-state index in [-0.39, 0.29) is 11.9 Å². The number of hydrogen-bond acceptors (Lipinski definition) is 6. The van der Waals surface area contributed by atoms with Gasteiger partial charge in [0.1, 0.15) is 0 Å². The number of esters is 2. The average molecular weight is 778 g/mol. The van der Waals surface area contributed by atoms with Gasteiger partial charge < -0.3 is 19.1 Å². The van der Waals surface area contributed by atoms with Crippen molar-refractivity contribution < 1.29 is 23.8 Å². The first-order valence-electron chi connectivity index (χ1n) is 24.7. The molecule has 0 bridgehead atoms. The van der Waals surface area contributed by atoms with Crippen LogP contribution >= 0.6 is 0 Å². The quantitative estimate of drug-likeness (QED) is 0.129. The standard InChI is InChI=1S/C49H95NO5/c1-5-9-31-45-33-23-21-22-24-34-46(32-10-6-2)40-44-55-49(52)38-28-20-16-12-14-18-26-36-47(53-42-30-29-41-50(7-3)8-4)35-25-17-13-11-15-19-27-37-48(51)54-43-39-45/h45-47H,5-44H2,1-4H3. The molecule has 1 heterocycles. The SMILES string of the molecule is CCCCC1CCCCCCC(CCCC)CCOC(=O)CCCCCCCCCC(OCCCCN(CC)CC)CCCCCCCCCC(=O)OCC1. The van der Waals surface area contributed by atoms with Gasteiger partial charge in [0.15, 0.2) is 0 Å². The van der Waals surface area contributed by atoms with Gasteiger partial charge in [-0.1, -0.05) is 182 Å². The molecule has 0 spiro atoms. The Bertz CT molecular complexity index is 776. The summed E-state index contributed by atoms with van der Waals surface area (Å²) in [5.74, 6) is 1.37. The van der Waals surface area contributed by atoms with Gasteiger partial charge in [-0.05, 0) is 82.8 Å². The lowest BCUT2D eigenvalue weighted by atomic mass is 9.90. The number of ether oxygens (including phenoxy) is 3. The topological polar surface area (TPSA) is 65.1 Å². The zero-order valence-corrected chi connectivity index (χ0v) is 37.5. The van der Waals surface area contributed by atoms with Crippen LogP contribution < -0.4 is 0 Å². The fraction of sp³-hybridized carbons (Fsp3) is 0.959. The van der Waals surface area contributed by atoms with E-state index in [9.17, 15) is 9.59 Å². The molecule has 2 unspecified atom stereocenters. The van der Waals surface area contributed by atoms with Crippen LogP contribution in [0.3, 0.4) is 0 Å². The molecule has 1 aliphatic rings. The molecule has 0 amide bonds. The third-order valence-electron chi connectivity index (χ3n) is 12.4. The molecule has 55 heavy (non-hydrogen) atoms. The molecule has 6 heteroatoms. The zero-order chi connectivity index (χ0) is 39.9. The van der Waals surface area contributed by atoms with Gasteiger partial charge in [-0.25, -0.2) is 0 Å². The van der Waals surface area contributed by atoms with E-state index in [1.807, 2.05) is 0 Å².